The maximum absolute atomic E-state index is 8.90. The van der Waals surface area contributed by atoms with Gasteiger partial charge in [-0.2, -0.15) is 5.26 Å². The van der Waals surface area contributed by atoms with Crippen LogP contribution in [-0.2, 0) is 6.42 Å². The van der Waals surface area contributed by atoms with Gasteiger partial charge in [-0.3, -0.25) is 4.40 Å². The molecule has 7 nitrogen and oxygen atoms in total. The molecule has 0 radical (unpaired) electrons. The van der Waals surface area contributed by atoms with Crippen molar-refractivity contribution in [2.45, 2.75) is 32.1 Å². The Kier molecular flexibility index (Phi) is 3.64. The van der Waals surface area contributed by atoms with Crippen molar-refractivity contribution in [2.24, 2.45) is 11.8 Å². The molecule has 0 amide bonds. The van der Waals surface area contributed by atoms with Crippen LogP contribution in [0.25, 0.3) is 16.8 Å². The zero-order valence-corrected chi connectivity index (χ0v) is 15.0. The lowest BCUT2D eigenvalue weighted by Crippen LogP contribution is -2.08. The second-order valence-electron chi connectivity index (χ2n) is 7.51. The Morgan fingerprint density at radius 2 is 2.11 bits per heavy atom. The molecule has 0 spiro atoms. The first-order valence-electron chi connectivity index (χ1n) is 9.25. The van der Waals surface area contributed by atoms with Crippen molar-refractivity contribution < 1.29 is 0 Å². The lowest BCUT2D eigenvalue weighted by Gasteiger charge is -2.13. The lowest BCUT2D eigenvalue weighted by atomic mass is 9.97. The van der Waals surface area contributed by atoms with E-state index in [0.29, 0.717) is 23.4 Å². The average Bonchev–Trinajstić information content (AvgIpc) is 3.39. The Labute approximate surface area is 156 Å². The van der Waals surface area contributed by atoms with Gasteiger partial charge in [0.25, 0.3) is 0 Å². The Balaban J connectivity index is 1.43. The monoisotopic (exact) mass is 357 g/mol. The van der Waals surface area contributed by atoms with Crippen LogP contribution < -0.4 is 0 Å². The normalized spacial score (nSPS) is 22.4. The quantitative estimate of drug-likeness (QED) is 0.607. The number of hydrogen-bond acceptors (Lipinski definition) is 5. The number of nitrogens with zero attached hydrogens (tertiary/aromatic N) is 6. The van der Waals surface area contributed by atoms with E-state index in [4.69, 9.17) is 5.26 Å². The van der Waals surface area contributed by atoms with Gasteiger partial charge < -0.3 is 4.98 Å². The van der Waals surface area contributed by atoms with Gasteiger partial charge in [0.05, 0.1) is 11.7 Å². The van der Waals surface area contributed by atoms with Crippen molar-refractivity contribution in [3.8, 4) is 6.07 Å². The molecule has 27 heavy (non-hydrogen) atoms. The van der Waals surface area contributed by atoms with Crippen LogP contribution in [0.4, 0.5) is 0 Å². The van der Waals surface area contributed by atoms with Crippen LogP contribution in [0.2, 0.25) is 0 Å². The van der Waals surface area contributed by atoms with Crippen LogP contribution >= 0.6 is 0 Å². The SMILES string of the molecule is C[C@H]1C[C@@H](Cc2ccc(C#N)nc2)C[C@H]1c1nnc2cnc3[nH]ccc3n12. The van der Waals surface area contributed by atoms with E-state index in [9.17, 15) is 0 Å². The smallest absolute Gasteiger partial charge is 0.179 e. The van der Waals surface area contributed by atoms with Gasteiger partial charge in [-0.25, -0.2) is 9.97 Å². The van der Waals surface area contributed by atoms with E-state index in [1.807, 2.05) is 24.5 Å². The summed E-state index contributed by atoms with van der Waals surface area (Å²) in [7, 11) is 0. The molecule has 1 fully saturated rings. The summed E-state index contributed by atoms with van der Waals surface area (Å²) in [5.41, 5.74) is 4.34. The highest BCUT2D eigenvalue weighted by Gasteiger charge is 2.35. The Bertz CT molecular complexity index is 1150. The lowest BCUT2D eigenvalue weighted by molar-refractivity contribution is 0.500. The van der Waals surface area contributed by atoms with E-state index >= 15 is 0 Å². The number of fused-ring (bicyclic) bond motifs is 3. The zero-order chi connectivity index (χ0) is 18.4. The summed E-state index contributed by atoms with van der Waals surface area (Å²) in [4.78, 5) is 11.8. The van der Waals surface area contributed by atoms with Crippen molar-refractivity contribution in [1.29, 1.82) is 5.26 Å². The van der Waals surface area contributed by atoms with Gasteiger partial charge in [0, 0.05) is 18.3 Å². The third kappa shape index (κ3) is 2.65. The van der Waals surface area contributed by atoms with Crippen LogP contribution in [0.1, 0.15) is 42.8 Å². The van der Waals surface area contributed by atoms with Crippen LogP contribution in [-0.4, -0.2) is 29.5 Å². The minimum absolute atomic E-state index is 0.372. The van der Waals surface area contributed by atoms with Gasteiger partial charge in [0.2, 0.25) is 0 Å². The molecule has 1 aliphatic rings. The minimum atomic E-state index is 0.372. The maximum Gasteiger partial charge on any atom is 0.179 e. The number of nitriles is 1. The summed E-state index contributed by atoms with van der Waals surface area (Å²) in [5.74, 6) is 2.52. The average molecular weight is 357 g/mol. The Morgan fingerprint density at radius 1 is 1.19 bits per heavy atom. The van der Waals surface area contributed by atoms with Crippen molar-refractivity contribution in [1.82, 2.24) is 29.5 Å². The fraction of sp³-hybridized carbons (Fsp3) is 0.350. The van der Waals surface area contributed by atoms with Crippen molar-refractivity contribution >= 4 is 16.8 Å². The molecule has 7 heteroatoms. The first-order valence-corrected chi connectivity index (χ1v) is 9.25. The van der Waals surface area contributed by atoms with Crippen molar-refractivity contribution in [3.05, 3.63) is 53.9 Å². The summed E-state index contributed by atoms with van der Waals surface area (Å²) < 4.78 is 2.14. The van der Waals surface area contributed by atoms with E-state index in [1.54, 1.807) is 12.3 Å². The Morgan fingerprint density at radius 3 is 2.93 bits per heavy atom. The van der Waals surface area contributed by atoms with E-state index in [0.717, 1.165) is 41.9 Å². The molecule has 1 aliphatic carbocycles. The second kappa shape index (κ2) is 6.16. The Hall–Kier alpha value is -3.27. The molecule has 0 unspecified atom stereocenters. The first kappa shape index (κ1) is 15.9. The molecule has 0 aromatic carbocycles. The number of hydrogen-bond donors (Lipinski definition) is 1. The summed E-state index contributed by atoms with van der Waals surface area (Å²) in [5, 5.41) is 17.8. The van der Waals surface area contributed by atoms with Crippen LogP contribution in [0.3, 0.4) is 0 Å². The maximum atomic E-state index is 8.90. The topological polar surface area (TPSA) is 95.5 Å². The van der Waals surface area contributed by atoms with E-state index in [2.05, 4.69) is 42.5 Å². The highest BCUT2D eigenvalue weighted by Crippen LogP contribution is 2.43. The molecule has 4 aromatic rings. The number of rotatable bonds is 3. The summed E-state index contributed by atoms with van der Waals surface area (Å²) in [6.07, 6.45) is 8.72. The molecule has 3 atom stereocenters. The van der Waals surface area contributed by atoms with Gasteiger partial charge in [-0.15, -0.1) is 10.2 Å². The molecular formula is C20H19N7. The van der Waals surface area contributed by atoms with E-state index in [-0.39, 0.29) is 0 Å². The van der Waals surface area contributed by atoms with Gasteiger partial charge in [-0.05, 0) is 48.8 Å². The van der Waals surface area contributed by atoms with Crippen LogP contribution in [0.15, 0.2) is 36.8 Å². The van der Waals surface area contributed by atoms with Crippen LogP contribution in [0, 0.1) is 23.2 Å². The number of aromatic amines is 1. The third-order valence-electron chi connectivity index (χ3n) is 5.74. The van der Waals surface area contributed by atoms with E-state index in [1.165, 1.54) is 5.56 Å². The molecular weight excluding hydrogens is 338 g/mol. The predicted octanol–water partition coefficient (Wildman–Crippen LogP) is 3.24. The fourth-order valence-corrected chi connectivity index (χ4v) is 4.49. The molecule has 134 valence electrons. The fourth-order valence-electron chi connectivity index (χ4n) is 4.49. The highest BCUT2D eigenvalue weighted by atomic mass is 15.3. The summed E-state index contributed by atoms with van der Waals surface area (Å²) >= 11 is 0. The number of nitrogens with one attached hydrogen (secondary N) is 1. The number of pyridine rings is 1. The molecule has 1 saturated carbocycles. The molecule has 4 aromatic heterocycles. The largest absolute Gasteiger partial charge is 0.345 e. The van der Waals surface area contributed by atoms with Crippen molar-refractivity contribution in [3.63, 3.8) is 0 Å². The van der Waals surface area contributed by atoms with Gasteiger partial charge in [-0.1, -0.05) is 13.0 Å². The molecule has 5 rings (SSSR count). The summed E-state index contributed by atoms with van der Waals surface area (Å²) in [6, 6.07) is 7.92. The first-order chi connectivity index (χ1) is 13.2. The molecule has 0 bridgehead atoms. The number of aromatic nitrogens is 6. The van der Waals surface area contributed by atoms with Gasteiger partial charge in [0.15, 0.2) is 11.3 Å². The molecule has 1 N–H and O–H groups in total. The molecule has 0 saturated heterocycles. The zero-order valence-electron chi connectivity index (χ0n) is 15.0. The summed E-state index contributed by atoms with van der Waals surface area (Å²) in [6.45, 7) is 2.30. The minimum Gasteiger partial charge on any atom is -0.345 e. The standard InChI is InChI=1S/C20H19N7/c1-12-6-14(7-13-2-3-15(9-21)23-10-13)8-16(12)20-26-25-18-11-24-19-17(27(18)20)4-5-22-19/h2-5,10-12,14,16,22H,6-8H2,1H3/t12-,14-,16+/m0/s1. The van der Waals surface area contributed by atoms with Crippen molar-refractivity contribution in [2.75, 3.05) is 0 Å². The second-order valence-corrected chi connectivity index (χ2v) is 7.51. The van der Waals surface area contributed by atoms with Gasteiger partial charge >= 0.3 is 0 Å². The van der Waals surface area contributed by atoms with Crippen LogP contribution in [0.5, 0.6) is 0 Å². The third-order valence-corrected chi connectivity index (χ3v) is 5.74. The molecule has 0 aliphatic heterocycles. The predicted molar refractivity (Wildman–Crippen MR) is 99.9 cm³/mol. The van der Waals surface area contributed by atoms with E-state index < -0.39 is 0 Å². The number of H-pyrrole nitrogens is 1. The van der Waals surface area contributed by atoms with Gasteiger partial charge in [0.1, 0.15) is 17.6 Å². The highest BCUT2D eigenvalue weighted by molar-refractivity contribution is 5.74. The molecule has 4 heterocycles.